The largest absolute Gasteiger partial charge is 0.265 e. The van der Waals surface area contributed by atoms with Gasteiger partial charge in [0.05, 0.1) is 12.7 Å². The van der Waals surface area contributed by atoms with Crippen LogP contribution in [-0.2, 0) is 13.0 Å². The molecule has 0 saturated carbocycles. The minimum Gasteiger partial charge on any atom is -0.265 e. The summed E-state index contributed by atoms with van der Waals surface area (Å²) in [4.78, 5) is 4.27. The van der Waals surface area contributed by atoms with Gasteiger partial charge in [-0.3, -0.25) is 9.78 Å². The fourth-order valence-corrected chi connectivity index (χ4v) is 3.48. The van der Waals surface area contributed by atoms with E-state index in [9.17, 15) is 8.78 Å². The van der Waals surface area contributed by atoms with Crippen LogP contribution in [0.4, 0.5) is 8.78 Å². The van der Waals surface area contributed by atoms with Crippen LogP contribution >= 0.6 is 0 Å². The quantitative estimate of drug-likeness (QED) is 0.609. The molecule has 124 valence electrons. The molecule has 0 spiro atoms. The number of aromatic amines is 1. The first kappa shape index (κ1) is 14.3. The van der Waals surface area contributed by atoms with E-state index in [1.165, 1.54) is 12.1 Å². The van der Waals surface area contributed by atoms with E-state index in [0.29, 0.717) is 12.1 Å². The van der Waals surface area contributed by atoms with Crippen LogP contribution in [0.5, 0.6) is 0 Å². The summed E-state index contributed by atoms with van der Waals surface area (Å²) in [6.07, 6.45) is 2.77. The summed E-state index contributed by atoms with van der Waals surface area (Å²) in [5, 5.41) is 12.4. The Morgan fingerprint density at radius 1 is 1.16 bits per heavy atom. The van der Waals surface area contributed by atoms with Crippen LogP contribution in [0.1, 0.15) is 5.69 Å². The molecule has 0 unspecified atom stereocenters. The molecule has 0 aliphatic carbocycles. The van der Waals surface area contributed by atoms with E-state index in [1.807, 2.05) is 6.07 Å². The minimum atomic E-state index is -0.940. The summed E-state index contributed by atoms with van der Waals surface area (Å²) in [6, 6.07) is 8.08. The molecule has 0 amide bonds. The molecule has 1 N–H and O–H groups in total. The van der Waals surface area contributed by atoms with Gasteiger partial charge in [-0.2, -0.15) is 10.2 Å². The third-order valence-corrected chi connectivity index (χ3v) is 4.58. The number of pyridine rings is 1. The van der Waals surface area contributed by atoms with Gasteiger partial charge in [-0.25, -0.2) is 13.8 Å². The minimum absolute atomic E-state index is 0.239. The van der Waals surface area contributed by atoms with E-state index >= 15 is 0 Å². The molecule has 5 rings (SSSR count). The maximum Gasteiger partial charge on any atom is 0.155 e. The number of nitrogens with zero attached hydrogens (tertiary/aromatic N) is 4. The number of rotatable bonds is 2. The lowest BCUT2D eigenvalue weighted by atomic mass is 9.96. The number of halogens is 2. The van der Waals surface area contributed by atoms with E-state index in [-0.39, 0.29) is 12.4 Å². The molecule has 1 atom stereocenters. The molecule has 1 aliphatic heterocycles. The Balaban J connectivity index is 1.80. The van der Waals surface area contributed by atoms with Crippen molar-refractivity contribution < 1.29 is 8.78 Å². The first-order chi connectivity index (χ1) is 12.2. The zero-order valence-corrected chi connectivity index (χ0v) is 13.1. The van der Waals surface area contributed by atoms with Crippen molar-refractivity contribution in [3.63, 3.8) is 0 Å². The van der Waals surface area contributed by atoms with Crippen LogP contribution in [0.3, 0.4) is 0 Å². The fraction of sp³-hybridized carbons (Fsp3) is 0.167. The number of alkyl halides is 1. The number of hydrogen-bond acceptors (Lipinski definition) is 3. The molecule has 4 aromatic rings. The van der Waals surface area contributed by atoms with Crippen LogP contribution in [-0.4, -0.2) is 31.1 Å². The van der Waals surface area contributed by atoms with Crippen LogP contribution in [0.25, 0.3) is 33.4 Å². The number of fused-ring (bicyclic) bond motifs is 2. The van der Waals surface area contributed by atoms with Crippen molar-refractivity contribution >= 4 is 11.0 Å². The lowest BCUT2D eigenvalue weighted by Gasteiger charge is -2.07. The van der Waals surface area contributed by atoms with Gasteiger partial charge in [-0.05, 0) is 35.9 Å². The summed E-state index contributed by atoms with van der Waals surface area (Å²) in [5.74, 6) is -0.304. The first-order valence-corrected chi connectivity index (χ1v) is 7.99. The molecular weight excluding hydrogens is 324 g/mol. The van der Waals surface area contributed by atoms with Crippen LogP contribution < -0.4 is 0 Å². The molecule has 25 heavy (non-hydrogen) atoms. The molecule has 0 radical (unpaired) electrons. The third kappa shape index (κ3) is 2.15. The van der Waals surface area contributed by atoms with Crippen LogP contribution in [0.2, 0.25) is 0 Å². The lowest BCUT2D eigenvalue weighted by Crippen LogP contribution is -2.03. The second kappa shape index (κ2) is 5.20. The molecule has 3 aromatic heterocycles. The molecule has 0 saturated heterocycles. The Morgan fingerprint density at radius 3 is 2.84 bits per heavy atom. The Hall–Kier alpha value is -3.09. The zero-order valence-electron chi connectivity index (χ0n) is 13.1. The summed E-state index contributed by atoms with van der Waals surface area (Å²) in [7, 11) is 0. The number of nitrogens with one attached hydrogen (secondary N) is 1. The molecular formula is C18H13F2N5. The maximum atomic E-state index is 13.9. The second-order valence-corrected chi connectivity index (χ2v) is 6.15. The van der Waals surface area contributed by atoms with Gasteiger partial charge < -0.3 is 0 Å². The van der Waals surface area contributed by atoms with Crippen LogP contribution in [0, 0.1) is 5.82 Å². The van der Waals surface area contributed by atoms with Gasteiger partial charge in [0.2, 0.25) is 0 Å². The van der Waals surface area contributed by atoms with E-state index in [0.717, 1.165) is 33.5 Å². The van der Waals surface area contributed by atoms with Gasteiger partial charge in [0.1, 0.15) is 17.7 Å². The Bertz CT molecular complexity index is 1080. The van der Waals surface area contributed by atoms with Crippen molar-refractivity contribution in [2.45, 2.75) is 19.1 Å². The highest BCUT2D eigenvalue weighted by Gasteiger charge is 2.30. The average molecular weight is 337 g/mol. The molecule has 1 aromatic carbocycles. The highest BCUT2D eigenvalue weighted by atomic mass is 19.1. The Kier molecular flexibility index (Phi) is 2.97. The standard InChI is InChI=1S/C18H13F2N5/c19-11-3-1-10(2-4-11)17-16(15-7-12(20)9-25(15)24-17)13-5-6-21-18-14(13)8-22-23-18/h1-6,8,12H,7,9H2,(H,21,22,23)/t12-/m1/s1. The van der Waals surface area contributed by atoms with Gasteiger partial charge >= 0.3 is 0 Å². The molecule has 0 bridgehead atoms. The topological polar surface area (TPSA) is 59.4 Å². The Morgan fingerprint density at radius 2 is 2.00 bits per heavy atom. The summed E-state index contributed by atoms with van der Waals surface area (Å²) in [6.45, 7) is 0.239. The lowest BCUT2D eigenvalue weighted by molar-refractivity contribution is 0.322. The van der Waals surface area contributed by atoms with E-state index < -0.39 is 6.17 Å². The van der Waals surface area contributed by atoms with Crippen molar-refractivity contribution in [3.8, 4) is 22.4 Å². The Labute approximate surface area is 141 Å². The van der Waals surface area contributed by atoms with Crippen molar-refractivity contribution in [1.29, 1.82) is 0 Å². The fourth-order valence-electron chi connectivity index (χ4n) is 3.48. The van der Waals surface area contributed by atoms with Gasteiger partial charge in [-0.15, -0.1) is 0 Å². The normalized spacial score (nSPS) is 16.5. The molecule has 1 aliphatic rings. The van der Waals surface area contributed by atoms with Crippen molar-refractivity contribution in [3.05, 3.63) is 54.2 Å². The summed E-state index contributed by atoms with van der Waals surface area (Å²) in [5.41, 5.74) is 4.78. The molecule has 0 fully saturated rings. The zero-order chi connectivity index (χ0) is 17.0. The number of hydrogen-bond donors (Lipinski definition) is 1. The number of aromatic nitrogens is 5. The van der Waals surface area contributed by atoms with Gasteiger partial charge in [-0.1, -0.05) is 0 Å². The highest BCUT2D eigenvalue weighted by Crippen LogP contribution is 2.40. The van der Waals surface area contributed by atoms with E-state index in [4.69, 9.17) is 0 Å². The van der Waals surface area contributed by atoms with Gasteiger partial charge in [0.25, 0.3) is 0 Å². The van der Waals surface area contributed by atoms with Crippen LogP contribution in [0.15, 0.2) is 42.7 Å². The SMILES string of the molecule is Fc1ccc(-c2nn3c(c2-c2ccnc4[nH]ncc24)C[C@@H](F)C3)cc1. The van der Waals surface area contributed by atoms with E-state index in [1.54, 1.807) is 29.2 Å². The van der Waals surface area contributed by atoms with E-state index in [2.05, 4.69) is 20.3 Å². The predicted octanol–water partition coefficient (Wildman–Crippen LogP) is 3.52. The molecule has 5 nitrogen and oxygen atoms in total. The number of benzene rings is 1. The van der Waals surface area contributed by atoms with Crippen molar-refractivity contribution in [2.24, 2.45) is 0 Å². The second-order valence-electron chi connectivity index (χ2n) is 6.15. The number of H-pyrrole nitrogens is 1. The molecule has 7 heteroatoms. The summed E-state index contributed by atoms with van der Waals surface area (Å²) < 4.78 is 29.0. The first-order valence-electron chi connectivity index (χ1n) is 7.99. The average Bonchev–Trinajstić information content (AvgIpc) is 3.29. The van der Waals surface area contributed by atoms with Crippen molar-refractivity contribution in [1.82, 2.24) is 25.0 Å². The monoisotopic (exact) mass is 337 g/mol. The third-order valence-electron chi connectivity index (χ3n) is 4.58. The molecule has 4 heterocycles. The predicted molar refractivity (Wildman–Crippen MR) is 89.1 cm³/mol. The highest BCUT2D eigenvalue weighted by molar-refractivity contribution is 5.97. The maximum absolute atomic E-state index is 13.9. The van der Waals surface area contributed by atoms with Crippen molar-refractivity contribution in [2.75, 3.05) is 0 Å². The smallest absolute Gasteiger partial charge is 0.155 e. The summed E-state index contributed by atoms with van der Waals surface area (Å²) >= 11 is 0. The van der Waals surface area contributed by atoms with Gasteiger partial charge in [0, 0.05) is 34.8 Å². The van der Waals surface area contributed by atoms with Gasteiger partial charge in [0.15, 0.2) is 5.65 Å².